The number of alkyl carbamates (subject to hydrolysis) is 1. The van der Waals surface area contributed by atoms with Gasteiger partial charge in [-0.05, 0) is 73.8 Å². The van der Waals surface area contributed by atoms with Crippen molar-refractivity contribution in [3.63, 3.8) is 0 Å². The number of carboxylic acid groups (broad SMARTS) is 1. The van der Waals surface area contributed by atoms with Crippen LogP contribution in [-0.4, -0.2) is 90.0 Å². The summed E-state index contributed by atoms with van der Waals surface area (Å²) in [7, 11) is 1.56. The predicted molar refractivity (Wildman–Crippen MR) is 164 cm³/mol. The van der Waals surface area contributed by atoms with E-state index in [-0.39, 0.29) is 0 Å². The Morgan fingerprint density at radius 3 is 2.35 bits per heavy atom. The van der Waals surface area contributed by atoms with E-state index in [9.17, 15) is 14.7 Å². The Morgan fingerprint density at radius 2 is 1.72 bits per heavy atom. The van der Waals surface area contributed by atoms with Crippen LogP contribution in [0.1, 0.15) is 18.4 Å². The molecule has 2 saturated heterocycles. The molecule has 11 nitrogen and oxygen atoms in total. The smallest absolute Gasteiger partial charge is 0.407 e. The Bertz CT molecular complexity index is 1410. The molecule has 0 spiro atoms. The lowest BCUT2D eigenvalue weighted by molar-refractivity contribution is 0.0955. The zero-order valence-corrected chi connectivity index (χ0v) is 25.4. The van der Waals surface area contributed by atoms with Crippen molar-refractivity contribution in [3.05, 3.63) is 64.3 Å². The Morgan fingerprint density at radius 1 is 1.00 bits per heavy atom. The summed E-state index contributed by atoms with van der Waals surface area (Å²) in [6.45, 7) is 4.90. The molecule has 2 fully saturated rings. The lowest BCUT2D eigenvalue weighted by atomic mass is 9.97. The molecular formula is C30H34Cl2N6O5. The summed E-state index contributed by atoms with van der Waals surface area (Å²) in [4.78, 5) is 37.8. The topological polar surface area (TPSA) is 120 Å². The van der Waals surface area contributed by atoms with Gasteiger partial charge in [0.15, 0.2) is 0 Å². The van der Waals surface area contributed by atoms with E-state index in [0.717, 1.165) is 42.9 Å². The van der Waals surface area contributed by atoms with Gasteiger partial charge in [-0.15, -0.1) is 0 Å². The number of nitrogens with zero attached hydrogens (tertiary/aromatic N) is 5. The van der Waals surface area contributed by atoms with E-state index in [4.69, 9.17) is 37.7 Å². The second-order valence-corrected chi connectivity index (χ2v) is 11.5. The molecule has 2 aliphatic heterocycles. The van der Waals surface area contributed by atoms with Crippen LogP contribution in [0.3, 0.4) is 0 Å². The third-order valence-corrected chi connectivity index (χ3v) is 8.04. The van der Waals surface area contributed by atoms with E-state index < -0.39 is 12.2 Å². The number of aromatic nitrogens is 2. The number of piperazine rings is 1. The average Bonchev–Trinajstić information content (AvgIpc) is 3.00. The van der Waals surface area contributed by atoms with Crippen LogP contribution in [0.5, 0.6) is 11.6 Å². The number of nitrogens with one attached hydrogen (secondary N) is 1. The molecule has 228 valence electrons. The summed E-state index contributed by atoms with van der Waals surface area (Å²) in [5.41, 5.74) is 2.49. The van der Waals surface area contributed by atoms with Crippen LogP contribution in [0.2, 0.25) is 10.0 Å². The molecule has 43 heavy (non-hydrogen) atoms. The second-order valence-electron chi connectivity index (χ2n) is 10.6. The van der Waals surface area contributed by atoms with Gasteiger partial charge in [0.1, 0.15) is 11.6 Å². The van der Waals surface area contributed by atoms with E-state index in [1.807, 2.05) is 36.4 Å². The predicted octanol–water partition coefficient (Wildman–Crippen LogP) is 5.61. The highest BCUT2D eigenvalue weighted by Gasteiger charge is 2.23. The summed E-state index contributed by atoms with van der Waals surface area (Å²) < 4.78 is 11.4. The Labute approximate surface area is 260 Å². The highest BCUT2D eigenvalue weighted by molar-refractivity contribution is 6.35. The fourth-order valence-corrected chi connectivity index (χ4v) is 5.78. The number of likely N-dealkylation sites (tertiary alicyclic amines) is 1. The van der Waals surface area contributed by atoms with E-state index in [2.05, 4.69) is 20.1 Å². The third kappa shape index (κ3) is 8.40. The van der Waals surface area contributed by atoms with Crippen molar-refractivity contribution in [1.82, 2.24) is 25.1 Å². The minimum Gasteiger partial charge on any atom is -0.465 e. The van der Waals surface area contributed by atoms with E-state index >= 15 is 0 Å². The fraction of sp³-hybridized carbons (Fsp3) is 0.400. The van der Waals surface area contributed by atoms with Crippen molar-refractivity contribution < 1.29 is 24.2 Å². The molecule has 3 aromatic rings. The number of rotatable bonds is 8. The van der Waals surface area contributed by atoms with Crippen LogP contribution in [0.4, 0.5) is 15.4 Å². The number of amides is 2. The number of pyridine rings is 2. The van der Waals surface area contributed by atoms with Crippen LogP contribution in [0.15, 0.2) is 48.7 Å². The standard InChI is InChI=1S/C30H34Cl2N6O5/c1-33-29(39)42-19-20-4-6-36(7-5-20)18-21-12-26(22-14-23(31)16-24(32)15-22)35-28(13-21)43-25-2-3-27(34-17-25)37-8-10-38(11-9-37)30(40)41/h2-3,12-17,20H,4-11,18-19H2,1H3,(H,33,39)(H,40,41). The molecule has 1 aromatic carbocycles. The molecule has 0 saturated carbocycles. The number of halogens is 2. The summed E-state index contributed by atoms with van der Waals surface area (Å²) in [6.07, 6.45) is 2.22. The van der Waals surface area contributed by atoms with Gasteiger partial charge in [-0.3, -0.25) is 4.90 Å². The van der Waals surface area contributed by atoms with Crippen LogP contribution in [-0.2, 0) is 11.3 Å². The van der Waals surface area contributed by atoms with Crippen molar-refractivity contribution in [2.45, 2.75) is 19.4 Å². The summed E-state index contributed by atoms with van der Waals surface area (Å²) in [5.74, 6) is 2.05. The first kappa shape index (κ1) is 30.7. The molecule has 2 N–H and O–H groups in total. The van der Waals surface area contributed by atoms with Gasteiger partial charge in [0.2, 0.25) is 5.88 Å². The van der Waals surface area contributed by atoms with Crippen LogP contribution in [0, 0.1) is 5.92 Å². The maximum absolute atomic E-state index is 11.4. The molecule has 0 aliphatic carbocycles. The Hall–Kier alpha value is -3.80. The van der Waals surface area contributed by atoms with Gasteiger partial charge < -0.3 is 29.7 Å². The zero-order valence-electron chi connectivity index (χ0n) is 23.8. The molecule has 13 heteroatoms. The minimum absolute atomic E-state index is 0.338. The SMILES string of the molecule is CNC(=O)OCC1CCN(Cc2cc(Oc3ccc(N4CCN(C(=O)O)CC4)nc3)nc(-c3cc(Cl)cc(Cl)c3)c2)CC1. The Balaban J connectivity index is 1.29. The average molecular weight is 630 g/mol. The number of hydrogen-bond donors (Lipinski definition) is 2. The molecule has 2 amide bonds. The maximum atomic E-state index is 11.4. The van der Waals surface area contributed by atoms with Crippen LogP contribution in [0.25, 0.3) is 11.3 Å². The molecule has 4 heterocycles. The normalized spacial score (nSPS) is 16.2. The first-order chi connectivity index (χ1) is 20.7. The van der Waals surface area contributed by atoms with Crippen LogP contribution >= 0.6 is 23.2 Å². The van der Waals surface area contributed by atoms with Crippen molar-refractivity contribution in [3.8, 4) is 22.9 Å². The molecule has 2 aromatic heterocycles. The van der Waals surface area contributed by atoms with E-state index in [0.29, 0.717) is 72.6 Å². The third-order valence-electron chi connectivity index (χ3n) is 7.60. The lowest BCUT2D eigenvalue weighted by Crippen LogP contribution is -2.48. The number of carbonyl (C=O) groups is 2. The van der Waals surface area contributed by atoms with Crippen LogP contribution < -0.4 is 15.0 Å². The molecule has 0 atom stereocenters. The number of carbonyl (C=O) groups excluding carboxylic acids is 1. The summed E-state index contributed by atoms with van der Waals surface area (Å²) in [5, 5.41) is 12.7. The van der Waals surface area contributed by atoms with Crippen molar-refractivity contribution >= 4 is 41.2 Å². The number of benzene rings is 1. The fourth-order valence-electron chi connectivity index (χ4n) is 5.25. The lowest BCUT2D eigenvalue weighted by Gasteiger charge is -2.33. The van der Waals surface area contributed by atoms with Gasteiger partial charge in [-0.25, -0.2) is 19.6 Å². The van der Waals surface area contributed by atoms with Crippen molar-refractivity contribution in [2.75, 3.05) is 57.8 Å². The number of anilines is 1. The van der Waals surface area contributed by atoms with Crippen molar-refractivity contribution in [2.24, 2.45) is 5.92 Å². The molecule has 2 aliphatic rings. The highest BCUT2D eigenvalue weighted by atomic mass is 35.5. The molecular weight excluding hydrogens is 595 g/mol. The molecule has 0 bridgehead atoms. The van der Waals surface area contributed by atoms with Crippen molar-refractivity contribution in [1.29, 1.82) is 0 Å². The minimum atomic E-state index is -0.901. The second kappa shape index (κ2) is 14.1. The first-order valence-electron chi connectivity index (χ1n) is 14.2. The van der Waals surface area contributed by atoms with Gasteiger partial charge in [0.05, 0.1) is 18.5 Å². The van der Waals surface area contributed by atoms with E-state index in [1.54, 1.807) is 19.3 Å². The molecule has 0 radical (unpaired) electrons. The quantitative estimate of drug-likeness (QED) is 0.328. The molecule has 5 rings (SSSR count). The first-order valence-corrected chi connectivity index (χ1v) is 14.9. The van der Waals surface area contributed by atoms with E-state index in [1.165, 1.54) is 4.90 Å². The Kier molecular flexibility index (Phi) is 10.1. The van der Waals surface area contributed by atoms with Gasteiger partial charge in [0, 0.05) is 61.4 Å². The number of ether oxygens (including phenoxy) is 2. The van der Waals surface area contributed by atoms with Gasteiger partial charge in [-0.1, -0.05) is 23.2 Å². The van der Waals surface area contributed by atoms with Gasteiger partial charge in [0.25, 0.3) is 0 Å². The molecule has 0 unspecified atom stereocenters. The zero-order chi connectivity index (χ0) is 30.3. The monoisotopic (exact) mass is 628 g/mol. The summed E-state index contributed by atoms with van der Waals surface area (Å²) in [6, 6.07) is 13.0. The van der Waals surface area contributed by atoms with Gasteiger partial charge >= 0.3 is 12.2 Å². The van der Waals surface area contributed by atoms with Gasteiger partial charge in [-0.2, -0.15) is 0 Å². The highest BCUT2D eigenvalue weighted by Crippen LogP contribution is 2.31. The number of hydrogen-bond acceptors (Lipinski definition) is 8. The maximum Gasteiger partial charge on any atom is 0.407 e. The largest absolute Gasteiger partial charge is 0.465 e. The number of piperidine rings is 1. The summed E-state index contributed by atoms with van der Waals surface area (Å²) >= 11 is 12.6.